The smallest absolute Gasteiger partial charge is 0.167 e. The van der Waals surface area contributed by atoms with Crippen LogP contribution in [0.15, 0.2) is 29.7 Å². The van der Waals surface area contributed by atoms with Crippen molar-refractivity contribution >= 4 is 18.1 Å². The highest BCUT2D eigenvalue weighted by atomic mass is 35.5. The van der Waals surface area contributed by atoms with Crippen molar-refractivity contribution in [3.8, 4) is 0 Å². The molecule has 0 spiro atoms. The average molecular weight is 157 g/mol. The molecule has 3 nitrogen and oxygen atoms in total. The second kappa shape index (κ2) is 3.85. The fourth-order valence-corrected chi connectivity index (χ4v) is 0.573. The molecule has 1 heterocycles. The second-order valence-corrected chi connectivity index (χ2v) is 1.73. The van der Waals surface area contributed by atoms with Crippen molar-refractivity contribution in [2.24, 2.45) is 5.16 Å². The quantitative estimate of drug-likeness (QED) is 0.481. The highest BCUT2D eigenvalue weighted by Gasteiger charge is 1.82. The Labute approximate surface area is 63.5 Å². The van der Waals surface area contributed by atoms with Crippen LogP contribution < -0.4 is 0 Å². The van der Waals surface area contributed by atoms with Crippen molar-refractivity contribution in [2.75, 3.05) is 0 Å². The van der Waals surface area contributed by atoms with Gasteiger partial charge >= 0.3 is 0 Å². The van der Waals surface area contributed by atoms with Gasteiger partial charge in [-0.15, -0.1) is 0 Å². The third-order valence-electron chi connectivity index (χ3n) is 0.926. The monoisotopic (exact) mass is 156 g/mol. The summed E-state index contributed by atoms with van der Waals surface area (Å²) in [6.45, 7) is 0. The van der Waals surface area contributed by atoms with Crippen LogP contribution in [0.2, 0.25) is 0 Å². The van der Waals surface area contributed by atoms with E-state index in [9.17, 15) is 0 Å². The number of hydrogen-bond donors (Lipinski definition) is 0. The largest absolute Gasteiger partial charge is 0.277 e. The van der Waals surface area contributed by atoms with E-state index < -0.39 is 0 Å². The molecule has 1 aromatic rings. The summed E-state index contributed by atoms with van der Waals surface area (Å²) < 4.78 is 3.96. The van der Waals surface area contributed by atoms with E-state index in [2.05, 4.69) is 14.5 Å². The molecule has 0 aromatic carbocycles. The van der Waals surface area contributed by atoms with E-state index in [-0.39, 0.29) is 0 Å². The molecule has 0 unspecified atom stereocenters. The van der Waals surface area contributed by atoms with E-state index in [1.807, 2.05) is 6.07 Å². The van der Waals surface area contributed by atoms with E-state index in [1.165, 1.54) is 6.21 Å². The van der Waals surface area contributed by atoms with Crippen LogP contribution in [-0.2, 0) is 4.39 Å². The summed E-state index contributed by atoms with van der Waals surface area (Å²) >= 11 is 4.83. The normalized spacial score (nSPS) is 10.1. The van der Waals surface area contributed by atoms with E-state index in [0.717, 1.165) is 5.56 Å². The summed E-state index contributed by atoms with van der Waals surface area (Å²) in [7, 11) is 0. The minimum absolute atomic E-state index is 0.850. The highest BCUT2D eigenvalue weighted by Crippen LogP contribution is 1.91. The van der Waals surface area contributed by atoms with Crippen LogP contribution in [0.25, 0.3) is 0 Å². The van der Waals surface area contributed by atoms with Crippen molar-refractivity contribution in [1.82, 2.24) is 4.98 Å². The number of halogens is 1. The summed E-state index contributed by atoms with van der Waals surface area (Å²) in [5.74, 6) is 0. The standard InChI is InChI=1S/C6H5ClN2O/c7-10-9-5-6-2-1-3-8-4-6/h1-5H. The molecule has 0 aliphatic carbocycles. The molecule has 52 valence electrons. The first-order chi connectivity index (χ1) is 4.93. The second-order valence-electron chi connectivity index (χ2n) is 1.59. The van der Waals surface area contributed by atoms with E-state index >= 15 is 0 Å². The summed E-state index contributed by atoms with van der Waals surface area (Å²) in [5, 5.41) is 3.34. The first-order valence-corrected chi connectivity index (χ1v) is 2.95. The molecule has 0 atom stereocenters. The maximum absolute atomic E-state index is 4.83. The van der Waals surface area contributed by atoms with E-state index in [0.29, 0.717) is 0 Å². The summed E-state index contributed by atoms with van der Waals surface area (Å²) in [6, 6.07) is 3.64. The third-order valence-corrected chi connectivity index (χ3v) is 1.01. The Balaban J connectivity index is 2.67. The topological polar surface area (TPSA) is 34.5 Å². The van der Waals surface area contributed by atoms with Crippen LogP contribution in [-0.4, -0.2) is 11.2 Å². The number of nitrogens with zero attached hydrogens (tertiary/aromatic N) is 2. The number of aromatic nitrogens is 1. The lowest BCUT2D eigenvalue weighted by molar-refractivity contribution is 0.383. The fraction of sp³-hybridized carbons (Fsp3) is 0. The van der Waals surface area contributed by atoms with E-state index in [4.69, 9.17) is 11.9 Å². The van der Waals surface area contributed by atoms with Crippen molar-refractivity contribution in [3.63, 3.8) is 0 Å². The molecule has 0 N–H and O–H groups in total. The van der Waals surface area contributed by atoms with Crippen molar-refractivity contribution in [1.29, 1.82) is 0 Å². The molecule has 10 heavy (non-hydrogen) atoms. The minimum atomic E-state index is 0.850. The minimum Gasteiger partial charge on any atom is -0.277 e. The van der Waals surface area contributed by atoms with Crippen LogP contribution in [0.4, 0.5) is 0 Å². The van der Waals surface area contributed by atoms with Crippen LogP contribution in [0.3, 0.4) is 0 Å². The zero-order valence-electron chi connectivity index (χ0n) is 5.07. The molecule has 0 aliphatic heterocycles. The van der Waals surface area contributed by atoms with Crippen LogP contribution in [0.5, 0.6) is 0 Å². The molecule has 0 fully saturated rings. The number of oxime groups is 1. The molecular formula is C6H5ClN2O. The zero-order chi connectivity index (χ0) is 7.23. The lowest BCUT2D eigenvalue weighted by Gasteiger charge is -1.86. The van der Waals surface area contributed by atoms with Gasteiger partial charge in [0.05, 0.1) is 6.21 Å². The molecule has 1 aromatic heterocycles. The van der Waals surface area contributed by atoms with Gasteiger partial charge in [0.25, 0.3) is 0 Å². The van der Waals surface area contributed by atoms with Gasteiger partial charge < -0.3 is 0 Å². The van der Waals surface area contributed by atoms with Gasteiger partial charge in [-0.2, -0.15) is 0 Å². The van der Waals surface area contributed by atoms with Crippen LogP contribution >= 0.6 is 11.9 Å². The third kappa shape index (κ3) is 2.03. The molecule has 0 bridgehead atoms. The van der Waals surface area contributed by atoms with Gasteiger partial charge in [-0.25, -0.2) is 0 Å². The van der Waals surface area contributed by atoms with Crippen molar-refractivity contribution < 1.29 is 4.39 Å². The number of rotatable bonds is 2. The Morgan fingerprint density at radius 1 is 1.70 bits per heavy atom. The number of hydrogen-bond acceptors (Lipinski definition) is 3. The summed E-state index contributed by atoms with van der Waals surface area (Å²) in [4.78, 5) is 3.85. The average Bonchev–Trinajstić information content (AvgIpc) is 2.03. The lowest BCUT2D eigenvalue weighted by atomic mass is 10.3. The van der Waals surface area contributed by atoms with Gasteiger partial charge in [-0.1, -0.05) is 11.2 Å². The van der Waals surface area contributed by atoms with Gasteiger partial charge in [0.2, 0.25) is 0 Å². The highest BCUT2D eigenvalue weighted by molar-refractivity contribution is 6.07. The van der Waals surface area contributed by atoms with Gasteiger partial charge in [0.1, 0.15) is 0 Å². The molecule has 0 saturated carbocycles. The predicted molar refractivity (Wildman–Crippen MR) is 38.8 cm³/mol. The first kappa shape index (κ1) is 7.02. The van der Waals surface area contributed by atoms with E-state index in [1.54, 1.807) is 18.5 Å². The Morgan fingerprint density at radius 2 is 2.60 bits per heavy atom. The van der Waals surface area contributed by atoms with Gasteiger partial charge in [0, 0.05) is 18.0 Å². The van der Waals surface area contributed by atoms with Crippen LogP contribution in [0.1, 0.15) is 5.56 Å². The Bertz CT molecular complexity index is 212. The lowest BCUT2D eigenvalue weighted by Crippen LogP contribution is -1.80. The molecule has 0 amide bonds. The predicted octanol–water partition coefficient (Wildman–Crippen LogP) is 1.59. The fourth-order valence-electron chi connectivity index (χ4n) is 0.533. The molecule has 0 aliphatic rings. The summed E-state index contributed by atoms with van der Waals surface area (Å²) in [6.07, 6.45) is 4.80. The van der Waals surface area contributed by atoms with Gasteiger partial charge in [0.15, 0.2) is 11.9 Å². The molecule has 4 heteroatoms. The van der Waals surface area contributed by atoms with Crippen molar-refractivity contribution in [3.05, 3.63) is 30.1 Å². The van der Waals surface area contributed by atoms with Crippen molar-refractivity contribution in [2.45, 2.75) is 0 Å². The Hall–Kier alpha value is -1.09. The maximum Gasteiger partial charge on any atom is 0.167 e. The molecular weight excluding hydrogens is 152 g/mol. The summed E-state index contributed by atoms with van der Waals surface area (Å²) in [5.41, 5.74) is 0.850. The number of pyridine rings is 1. The van der Waals surface area contributed by atoms with Gasteiger partial charge in [-0.3, -0.25) is 9.37 Å². The van der Waals surface area contributed by atoms with Gasteiger partial charge in [-0.05, 0) is 6.07 Å². The Kier molecular flexibility index (Phi) is 2.70. The Morgan fingerprint density at radius 3 is 3.20 bits per heavy atom. The maximum atomic E-state index is 4.83. The molecule has 0 radical (unpaired) electrons. The first-order valence-electron chi connectivity index (χ1n) is 2.64. The SMILES string of the molecule is ClON=Cc1cccnc1. The van der Waals surface area contributed by atoms with Crippen LogP contribution in [0, 0.1) is 0 Å². The zero-order valence-corrected chi connectivity index (χ0v) is 5.82. The molecule has 0 saturated heterocycles. The molecule has 1 rings (SSSR count).